The number of methoxy groups -OCH3 is 1. The van der Waals surface area contributed by atoms with Gasteiger partial charge in [0, 0.05) is 15.9 Å². The molecule has 3 aromatic rings. The first kappa shape index (κ1) is 19.8. The molecule has 0 radical (unpaired) electrons. The number of hydrogen-bond acceptors (Lipinski definition) is 6. The van der Waals surface area contributed by atoms with E-state index in [4.69, 9.17) is 9.47 Å². The quantitative estimate of drug-likeness (QED) is 0.550. The Hall–Kier alpha value is -2.45. The Morgan fingerprint density at radius 3 is 2.76 bits per heavy atom. The Balaban J connectivity index is 1.62. The van der Waals surface area contributed by atoms with Gasteiger partial charge >= 0.3 is 0 Å². The number of nitrogens with one attached hydrogen (secondary N) is 2. The molecule has 29 heavy (non-hydrogen) atoms. The maximum Gasteiger partial charge on any atom is 0.163 e. The van der Waals surface area contributed by atoms with E-state index in [0.29, 0.717) is 45.5 Å². The van der Waals surface area contributed by atoms with Gasteiger partial charge in [0.05, 0.1) is 24.9 Å². The van der Waals surface area contributed by atoms with Gasteiger partial charge in [-0.15, -0.1) is 0 Å². The molecule has 6 nitrogen and oxygen atoms in total. The van der Waals surface area contributed by atoms with E-state index in [1.54, 1.807) is 19.2 Å². The first-order valence-electron chi connectivity index (χ1n) is 9.52. The Kier molecular flexibility index (Phi) is 6.10. The van der Waals surface area contributed by atoms with Gasteiger partial charge in [-0.1, -0.05) is 15.9 Å². The predicted octanol–water partition coefficient (Wildman–Crippen LogP) is 4.66. The van der Waals surface area contributed by atoms with E-state index in [-0.39, 0.29) is 5.82 Å². The Bertz CT molecular complexity index is 1010. The summed E-state index contributed by atoms with van der Waals surface area (Å²) in [6.07, 6.45) is 3.65. The van der Waals surface area contributed by atoms with Crippen molar-refractivity contribution < 1.29 is 13.9 Å². The van der Waals surface area contributed by atoms with E-state index < -0.39 is 0 Å². The molecule has 0 amide bonds. The number of rotatable bonds is 6. The third-order valence-corrected chi connectivity index (χ3v) is 5.53. The van der Waals surface area contributed by atoms with Crippen LogP contribution >= 0.6 is 15.9 Å². The number of benzene rings is 2. The molecule has 1 fully saturated rings. The van der Waals surface area contributed by atoms with E-state index in [9.17, 15) is 4.39 Å². The van der Waals surface area contributed by atoms with Crippen molar-refractivity contribution in [3.63, 3.8) is 0 Å². The second-order valence-electron chi connectivity index (χ2n) is 7.00. The number of hydrogen-bond donors (Lipinski definition) is 2. The number of fused-ring (bicyclic) bond motifs is 1. The van der Waals surface area contributed by atoms with Crippen molar-refractivity contribution in [2.24, 2.45) is 5.92 Å². The van der Waals surface area contributed by atoms with Gasteiger partial charge < -0.3 is 20.1 Å². The average Bonchev–Trinajstić information content (AvgIpc) is 2.74. The van der Waals surface area contributed by atoms with E-state index in [2.05, 4.69) is 36.5 Å². The van der Waals surface area contributed by atoms with Gasteiger partial charge in [-0.05, 0) is 56.1 Å². The van der Waals surface area contributed by atoms with Crippen LogP contribution in [0.1, 0.15) is 12.8 Å². The van der Waals surface area contributed by atoms with Crippen LogP contribution in [-0.4, -0.2) is 36.8 Å². The second-order valence-corrected chi connectivity index (χ2v) is 7.91. The molecule has 8 heteroatoms. The van der Waals surface area contributed by atoms with Crippen molar-refractivity contribution in [3.8, 4) is 11.5 Å². The largest absolute Gasteiger partial charge is 0.493 e. The van der Waals surface area contributed by atoms with Crippen molar-refractivity contribution in [1.82, 2.24) is 15.3 Å². The third-order valence-electron chi connectivity index (χ3n) is 5.04. The lowest BCUT2D eigenvalue weighted by molar-refractivity contribution is 0.208. The highest BCUT2D eigenvalue weighted by atomic mass is 79.9. The number of anilines is 2. The van der Waals surface area contributed by atoms with E-state index in [1.165, 1.54) is 12.4 Å². The second kappa shape index (κ2) is 8.92. The lowest BCUT2D eigenvalue weighted by Gasteiger charge is -2.23. The maximum atomic E-state index is 14.2. The fourth-order valence-corrected chi connectivity index (χ4v) is 3.74. The molecule has 2 heterocycles. The van der Waals surface area contributed by atoms with Crippen molar-refractivity contribution in [3.05, 3.63) is 46.9 Å². The average molecular weight is 467 g/mol. The summed E-state index contributed by atoms with van der Waals surface area (Å²) in [6.45, 7) is 2.69. The number of aromatic nitrogens is 2. The van der Waals surface area contributed by atoms with Crippen LogP contribution < -0.4 is 20.1 Å². The zero-order valence-corrected chi connectivity index (χ0v) is 17.6. The number of ether oxygens (including phenoxy) is 2. The summed E-state index contributed by atoms with van der Waals surface area (Å²) in [4.78, 5) is 8.64. The molecule has 0 unspecified atom stereocenters. The number of halogens is 2. The van der Waals surface area contributed by atoms with Crippen LogP contribution in [0, 0.1) is 11.7 Å². The third kappa shape index (κ3) is 4.59. The van der Waals surface area contributed by atoms with Crippen molar-refractivity contribution in [2.75, 3.05) is 32.1 Å². The van der Waals surface area contributed by atoms with Crippen LogP contribution in [0.25, 0.3) is 10.9 Å². The molecule has 1 aliphatic heterocycles. The van der Waals surface area contributed by atoms with Gasteiger partial charge in [0.25, 0.3) is 0 Å². The fourth-order valence-electron chi connectivity index (χ4n) is 3.41. The minimum atomic E-state index is -0.375. The zero-order valence-electron chi connectivity index (χ0n) is 16.0. The normalized spacial score (nSPS) is 14.7. The lowest BCUT2D eigenvalue weighted by atomic mass is 9.99. The van der Waals surface area contributed by atoms with Gasteiger partial charge in [-0.25, -0.2) is 14.4 Å². The van der Waals surface area contributed by atoms with Crippen LogP contribution in [0.5, 0.6) is 11.5 Å². The highest BCUT2D eigenvalue weighted by molar-refractivity contribution is 9.10. The summed E-state index contributed by atoms with van der Waals surface area (Å²) in [5.74, 6) is 1.90. The van der Waals surface area contributed by atoms with Crippen molar-refractivity contribution in [1.29, 1.82) is 0 Å². The molecule has 2 aromatic carbocycles. The molecule has 1 saturated heterocycles. The molecule has 2 N–H and O–H groups in total. The van der Waals surface area contributed by atoms with Gasteiger partial charge in [0.2, 0.25) is 0 Å². The summed E-state index contributed by atoms with van der Waals surface area (Å²) in [5, 5.41) is 7.13. The van der Waals surface area contributed by atoms with Gasteiger partial charge in [-0.3, -0.25) is 0 Å². The molecule has 0 bridgehead atoms. The summed E-state index contributed by atoms with van der Waals surface area (Å²) in [7, 11) is 1.60. The molecule has 0 aliphatic carbocycles. The highest BCUT2D eigenvalue weighted by Gasteiger charge is 2.17. The molecule has 0 saturated carbocycles. The van der Waals surface area contributed by atoms with E-state index in [0.717, 1.165) is 31.3 Å². The smallest absolute Gasteiger partial charge is 0.163 e. The maximum absolute atomic E-state index is 14.2. The SMILES string of the molecule is COc1cc2c(N[13c]3[13cH][13cH][13c](Br)[13cH][13c]3F)ncnc2cc1OCC1CCNCC1. The number of piperidine rings is 1. The fraction of sp³-hybridized carbons (Fsp3) is 0.333. The van der Waals surface area contributed by atoms with Crippen molar-refractivity contribution >= 4 is 38.3 Å². The van der Waals surface area contributed by atoms with E-state index in [1.807, 2.05) is 12.1 Å². The Morgan fingerprint density at radius 2 is 2.00 bits per heavy atom. The standard InChI is InChI=1S/C21H22BrFN4O2/c1-28-19-9-15-18(10-20(19)29-11-13-4-6-24-7-5-13)25-12-26-21(15)27-17-3-2-14(22)8-16(17)23/h2-3,8-10,12-13,24H,4-7,11H2,1H3,(H,25,26,27)/i2+1,3+1,8+1,14+1,16+1,17+1. The van der Waals surface area contributed by atoms with Crippen LogP contribution in [0.2, 0.25) is 0 Å². The molecular formula is C21H22BrFN4O2. The van der Waals surface area contributed by atoms with Gasteiger partial charge in [0.1, 0.15) is 18.0 Å². The Morgan fingerprint density at radius 1 is 1.17 bits per heavy atom. The topological polar surface area (TPSA) is 68.3 Å². The lowest BCUT2D eigenvalue weighted by Crippen LogP contribution is -2.30. The molecule has 152 valence electrons. The Labute approximate surface area is 177 Å². The van der Waals surface area contributed by atoms with E-state index >= 15 is 0 Å². The van der Waals surface area contributed by atoms with Crippen LogP contribution in [0.3, 0.4) is 0 Å². The zero-order chi connectivity index (χ0) is 20.2. The predicted molar refractivity (Wildman–Crippen MR) is 115 cm³/mol. The molecule has 0 spiro atoms. The molecule has 4 rings (SSSR count). The summed E-state index contributed by atoms with van der Waals surface area (Å²) < 4.78 is 26.5. The summed E-state index contributed by atoms with van der Waals surface area (Å²) in [5.41, 5.74) is 1.03. The van der Waals surface area contributed by atoms with Crippen LogP contribution in [-0.2, 0) is 0 Å². The van der Waals surface area contributed by atoms with Crippen LogP contribution in [0.15, 0.2) is 41.1 Å². The van der Waals surface area contributed by atoms with Crippen LogP contribution in [0.4, 0.5) is 15.9 Å². The first-order chi connectivity index (χ1) is 14.1. The first-order valence-corrected chi connectivity index (χ1v) is 10.3. The molecule has 1 aliphatic rings. The molecule has 1 aromatic heterocycles. The van der Waals surface area contributed by atoms with Gasteiger partial charge in [-0.2, -0.15) is 0 Å². The molecular weight excluding hydrogens is 445 g/mol. The number of nitrogens with zero attached hydrogens (tertiary/aromatic N) is 2. The van der Waals surface area contributed by atoms with Crippen molar-refractivity contribution in [2.45, 2.75) is 12.8 Å². The highest BCUT2D eigenvalue weighted by Crippen LogP contribution is 2.35. The van der Waals surface area contributed by atoms with Gasteiger partial charge in [0.15, 0.2) is 11.5 Å². The summed E-state index contributed by atoms with van der Waals surface area (Å²) in [6, 6.07) is 8.49. The minimum Gasteiger partial charge on any atom is -0.493 e. The summed E-state index contributed by atoms with van der Waals surface area (Å²) >= 11 is 3.26. The monoisotopic (exact) mass is 466 g/mol. The minimum absolute atomic E-state index is 0.332. The molecule has 0 atom stereocenters.